The van der Waals surface area contributed by atoms with Gasteiger partial charge in [-0.3, -0.25) is 4.98 Å². The van der Waals surface area contributed by atoms with Crippen LogP contribution in [0.15, 0.2) is 152 Å². The fourth-order valence-corrected chi connectivity index (χ4v) is 7.03. The minimum absolute atomic E-state index is 0.623. The molecule has 0 amide bonds. The van der Waals surface area contributed by atoms with E-state index >= 15 is 0 Å². The predicted molar refractivity (Wildman–Crippen MR) is 195 cm³/mol. The van der Waals surface area contributed by atoms with Crippen molar-refractivity contribution in [2.45, 2.75) is 13.8 Å². The van der Waals surface area contributed by atoms with Crippen LogP contribution in [0.25, 0.3) is 72.0 Å². The van der Waals surface area contributed by atoms with Crippen LogP contribution in [-0.4, -0.2) is 9.55 Å². The number of para-hydroxylation sites is 2. The molecule has 0 saturated heterocycles. The van der Waals surface area contributed by atoms with Crippen LogP contribution in [0.2, 0.25) is 0 Å². The largest absolute Gasteiger partial charge is 0.307 e. The SMILES string of the molecule is Cc1ccccc1-c1cccc2c3cccc(-c4ccccc4C)c3n(-c3cc(-c4ccncc4)c(C#N)cc3-c3ccccc3)c12. The molecule has 2 aromatic heterocycles. The lowest BCUT2D eigenvalue weighted by Crippen LogP contribution is -2.02. The Morgan fingerprint density at radius 2 is 1.00 bits per heavy atom. The molecule has 0 fully saturated rings. The summed E-state index contributed by atoms with van der Waals surface area (Å²) in [7, 11) is 0. The van der Waals surface area contributed by atoms with Gasteiger partial charge in [-0.2, -0.15) is 5.26 Å². The van der Waals surface area contributed by atoms with E-state index in [0.717, 1.165) is 39.0 Å². The van der Waals surface area contributed by atoms with Crippen LogP contribution in [0.4, 0.5) is 0 Å². The number of aromatic nitrogens is 2. The molecule has 0 saturated carbocycles. The average Bonchev–Trinajstić information content (AvgIpc) is 3.47. The smallest absolute Gasteiger partial charge is 0.0998 e. The van der Waals surface area contributed by atoms with Crippen LogP contribution in [0.1, 0.15) is 16.7 Å². The first-order chi connectivity index (χ1) is 23.1. The van der Waals surface area contributed by atoms with Crippen LogP contribution in [0, 0.1) is 25.2 Å². The second kappa shape index (κ2) is 11.6. The Bertz CT molecular complexity index is 2380. The number of fused-ring (bicyclic) bond motifs is 3. The third-order valence-electron chi connectivity index (χ3n) is 9.25. The van der Waals surface area contributed by atoms with Gasteiger partial charge in [0.15, 0.2) is 0 Å². The van der Waals surface area contributed by atoms with Gasteiger partial charge in [-0.1, -0.05) is 115 Å². The fraction of sp³-hybridized carbons (Fsp3) is 0.0455. The topological polar surface area (TPSA) is 41.6 Å². The maximum absolute atomic E-state index is 10.5. The third-order valence-corrected chi connectivity index (χ3v) is 9.25. The summed E-state index contributed by atoms with van der Waals surface area (Å²) in [6.07, 6.45) is 3.57. The van der Waals surface area contributed by atoms with E-state index in [1.165, 1.54) is 44.2 Å². The van der Waals surface area contributed by atoms with E-state index in [9.17, 15) is 5.26 Å². The Balaban J connectivity index is 1.62. The number of benzene rings is 6. The molecule has 0 aliphatic rings. The van der Waals surface area contributed by atoms with Gasteiger partial charge >= 0.3 is 0 Å². The van der Waals surface area contributed by atoms with Gasteiger partial charge in [-0.25, -0.2) is 0 Å². The first-order valence-electron chi connectivity index (χ1n) is 15.9. The van der Waals surface area contributed by atoms with Gasteiger partial charge in [0.05, 0.1) is 28.4 Å². The lowest BCUT2D eigenvalue weighted by Gasteiger charge is -2.20. The van der Waals surface area contributed by atoms with Gasteiger partial charge in [0.25, 0.3) is 0 Å². The number of aryl methyl sites for hydroxylation is 2. The van der Waals surface area contributed by atoms with Crippen LogP contribution >= 0.6 is 0 Å². The molecule has 8 rings (SSSR count). The molecule has 0 aliphatic heterocycles. The van der Waals surface area contributed by atoms with E-state index in [1.807, 2.05) is 18.2 Å². The number of nitriles is 1. The zero-order valence-electron chi connectivity index (χ0n) is 26.3. The molecular formula is C44H31N3. The lowest BCUT2D eigenvalue weighted by molar-refractivity contribution is 1.18. The van der Waals surface area contributed by atoms with E-state index in [0.29, 0.717) is 5.56 Å². The monoisotopic (exact) mass is 601 g/mol. The van der Waals surface area contributed by atoms with Gasteiger partial charge in [0, 0.05) is 45.4 Å². The van der Waals surface area contributed by atoms with Crippen LogP contribution in [-0.2, 0) is 0 Å². The van der Waals surface area contributed by atoms with Crippen molar-refractivity contribution in [3.8, 4) is 56.3 Å². The zero-order chi connectivity index (χ0) is 31.9. The summed E-state index contributed by atoms with van der Waals surface area (Å²) in [6.45, 7) is 4.36. The minimum atomic E-state index is 0.623. The van der Waals surface area contributed by atoms with Crippen LogP contribution in [0.5, 0.6) is 0 Å². The van der Waals surface area contributed by atoms with Gasteiger partial charge in [0.1, 0.15) is 0 Å². The number of nitrogens with zero attached hydrogens (tertiary/aromatic N) is 3. The molecule has 0 atom stereocenters. The van der Waals surface area contributed by atoms with Crippen LogP contribution in [0.3, 0.4) is 0 Å². The maximum atomic E-state index is 10.5. The molecule has 0 aliphatic carbocycles. The molecule has 0 spiro atoms. The standard InChI is InChI=1S/C44H31N3/c1-29-12-6-8-16-34(29)36-18-10-20-38-39-21-11-19-37(35-17-9-7-13-30(35)2)44(39)47(43(36)38)42-27-40(32-22-24-46-25-23-32)33(28-45)26-41(42)31-14-4-3-5-15-31/h3-27H,1-2H3. The number of rotatable bonds is 5. The van der Waals surface area contributed by atoms with Gasteiger partial charge < -0.3 is 4.57 Å². The molecule has 0 unspecified atom stereocenters. The highest BCUT2D eigenvalue weighted by Gasteiger charge is 2.24. The number of hydrogen-bond donors (Lipinski definition) is 0. The van der Waals surface area contributed by atoms with E-state index < -0.39 is 0 Å². The summed E-state index contributed by atoms with van der Waals surface area (Å²) in [5, 5.41) is 12.9. The maximum Gasteiger partial charge on any atom is 0.0998 e. The van der Waals surface area contributed by atoms with E-state index in [1.54, 1.807) is 12.4 Å². The van der Waals surface area contributed by atoms with E-state index in [-0.39, 0.29) is 0 Å². The van der Waals surface area contributed by atoms with E-state index in [2.05, 4.69) is 151 Å². The molecule has 2 heterocycles. The first-order valence-corrected chi connectivity index (χ1v) is 15.9. The Morgan fingerprint density at radius 1 is 0.489 bits per heavy atom. The zero-order valence-corrected chi connectivity index (χ0v) is 26.3. The molecular weight excluding hydrogens is 571 g/mol. The Hall–Kier alpha value is -6.24. The molecule has 0 bridgehead atoms. The molecule has 47 heavy (non-hydrogen) atoms. The number of pyridine rings is 1. The second-order valence-corrected chi connectivity index (χ2v) is 12.0. The van der Waals surface area contributed by atoms with Crippen molar-refractivity contribution >= 4 is 21.8 Å². The summed E-state index contributed by atoms with van der Waals surface area (Å²) in [6, 6.07) is 51.7. The van der Waals surface area contributed by atoms with Crippen molar-refractivity contribution in [3.05, 3.63) is 169 Å². The number of hydrogen-bond acceptors (Lipinski definition) is 2. The highest BCUT2D eigenvalue weighted by molar-refractivity contribution is 6.18. The summed E-state index contributed by atoms with van der Waals surface area (Å²) in [4.78, 5) is 4.26. The van der Waals surface area contributed by atoms with Gasteiger partial charge in [0.2, 0.25) is 0 Å². The summed E-state index contributed by atoms with van der Waals surface area (Å²) in [5.74, 6) is 0. The van der Waals surface area contributed by atoms with Gasteiger partial charge in [-0.15, -0.1) is 0 Å². The van der Waals surface area contributed by atoms with Crippen molar-refractivity contribution < 1.29 is 0 Å². The summed E-state index contributed by atoms with van der Waals surface area (Å²) in [5.41, 5.74) is 15.0. The summed E-state index contributed by atoms with van der Waals surface area (Å²) >= 11 is 0. The molecule has 8 aromatic rings. The van der Waals surface area contributed by atoms with Crippen LogP contribution < -0.4 is 0 Å². The fourth-order valence-electron chi connectivity index (χ4n) is 7.03. The highest BCUT2D eigenvalue weighted by atomic mass is 15.0. The van der Waals surface area contributed by atoms with Gasteiger partial charge in [-0.05, 0) is 71.5 Å². The van der Waals surface area contributed by atoms with Crippen molar-refractivity contribution in [1.82, 2.24) is 9.55 Å². The quantitative estimate of drug-likeness (QED) is 0.197. The highest BCUT2D eigenvalue weighted by Crippen LogP contribution is 2.45. The Labute approximate surface area is 274 Å². The molecule has 0 radical (unpaired) electrons. The Morgan fingerprint density at radius 3 is 1.55 bits per heavy atom. The molecule has 222 valence electrons. The van der Waals surface area contributed by atoms with E-state index in [4.69, 9.17) is 0 Å². The molecule has 3 heteroatoms. The lowest BCUT2D eigenvalue weighted by atomic mass is 9.93. The van der Waals surface area contributed by atoms with Crippen molar-refractivity contribution in [3.63, 3.8) is 0 Å². The second-order valence-electron chi connectivity index (χ2n) is 12.0. The Kier molecular flexibility index (Phi) is 6.97. The predicted octanol–water partition coefficient (Wildman–Crippen LogP) is 11.3. The normalized spacial score (nSPS) is 11.2. The minimum Gasteiger partial charge on any atom is -0.307 e. The molecule has 6 aromatic carbocycles. The summed E-state index contributed by atoms with van der Waals surface area (Å²) < 4.78 is 2.46. The average molecular weight is 602 g/mol. The first kappa shape index (κ1) is 28.2. The van der Waals surface area contributed by atoms with Crippen molar-refractivity contribution in [2.75, 3.05) is 0 Å². The molecule has 0 N–H and O–H groups in total. The third kappa shape index (κ3) is 4.71. The molecule has 3 nitrogen and oxygen atoms in total. The van der Waals surface area contributed by atoms with Crippen molar-refractivity contribution in [1.29, 1.82) is 5.26 Å². The van der Waals surface area contributed by atoms with Crippen molar-refractivity contribution in [2.24, 2.45) is 0 Å².